The summed E-state index contributed by atoms with van der Waals surface area (Å²) in [6.07, 6.45) is 0. The van der Waals surface area contributed by atoms with Crippen molar-refractivity contribution >= 4 is 17.2 Å². The monoisotopic (exact) mass is 261 g/mol. The average Bonchev–Trinajstić information content (AvgIpc) is 2.86. The number of nitrogens with zero attached hydrogens (tertiary/aromatic N) is 1. The Morgan fingerprint density at radius 2 is 2.22 bits per heavy atom. The van der Waals surface area contributed by atoms with Gasteiger partial charge in [0.15, 0.2) is 0 Å². The zero-order valence-corrected chi connectivity index (χ0v) is 11.0. The van der Waals surface area contributed by atoms with Crippen molar-refractivity contribution in [3.05, 3.63) is 40.9 Å². The van der Waals surface area contributed by atoms with E-state index in [2.05, 4.69) is 10.3 Å². The standard InChI is InChI=1S/C13H15N3OS/c1-9-4-2-3-5-10(9)13-16-11(8-18-13)12(17)15-7-6-14/h2-5,8H,6-7,14H2,1H3,(H,15,17). The van der Waals surface area contributed by atoms with Crippen molar-refractivity contribution in [2.75, 3.05) is 13.1 Å². The summed E-state index contributed by atoms with van der Waals surface area (Å²) in [5, 5.41) is 5.35. The summed E-state index contributed by atoms with van der Waals surface area (Å²) in [5.74, 6) is -0.170. The first kappa shape index (κ1) is 12.7. The highest BCUT2D eigenvalue weighted by Gasteiger charge is 2.11. The molecule has 0 radical (unpaired) electrons. The molecule has 0 fully saturated rings. The summed E-state index contributed by atoms with van der Waals surface area (Å²) in [5.41, 5.74) is 8.01. The minimum atomic E-state index is -0.170. The number of aromatic nitrogens is 1. The third kappa shape index (κ3) is 2.75. The summed E-state index contributed by atoms with van der Waals surface area (Å²) >= 11 is 1.48. The number of amides is 1. The molecule has 0 unspecified atom stereocenters. The molecule has 0 saturated heterocycles. The molecule has 3 N–H and O–H groups in total. The van der Waals surface area contributed by atoms with Crippen molar-refractivity contribution in [2.24, 2.45) is 5.73 Å². The van der Waals surface area contributed by atoms with Crippen LogP contribution in [-0.4, -0.2) is 24.0 Å². The van der Waals surface area contributed by atoms with E-state index in [0.717, 1.165) is 16.1 Å². The van der Waals surface area contributed by atoms with E-state index < -0.39 is 0 Å². The lowest BCUT2D eigenvalue weighted by atomic mass is 10.1. The van der Waals surface area contributed by atoms with Crippen LogP contribution < -0.4 is 11.1 Å². The largest absolute Gasteiger partial charge is 0.349 e. The third-order valence-corrected chi connectivity index (χ3v) is 3.42. The number of rotatable bonds is 4. The number of hydrogen-bond acceptors (Lipinski definition) is 4. The van der Waals surface area contributed by atoms with Crippen molar-refractivity contribution in [1.82, 2.24) is 10.3 Å². The Labute approximate surface area is 110 Å². The van der Waals surface area contributed by atoms with Crippen molar-refractivity contribution in [1.29, 1.82) is 0 Å². The van der Waals surface area contributed by atoms with Crippen molar-refractivity contribution in [3.63, 3.8) is 0 Å². The van der Waals surface area contributed by atoms with Crippen LogP contribution in [0.25, 0.3) is 10.6 Å². The molecule has 0 spiro atoms. The second-order valence-electron chi connectivity index (χ2n) is 3.90. The molecule has 0 atom stereocenters. The van der Waals surface area contributed by atoms with E-state index in [9.17, 15) is 4.79 Å². The van der Waals surface area contributed by atoms with Gasteiger partial charge in [0.25, 0.3) is 5.91 Å². The van der Waals surface area contributed by atoms with E-state index in [-0.39, 0.29) is 5.91 Å². The van der Waals surface area contributed by atoms with Gasteiger partial charge in [-0.2, -0.15) is 0 Å². The molecular formula is C13H15N3OS. The first-order valence-corrected chi connectivity index (χ1v) is 6.60. The maximum atomic E-state index is 11.7. The third-order valence-electron chi connectivity index (χ3n) is 2.54. The van der Waals surface area contributed by atoms with Crippen molar-refractivity contribution < 1.29 is 4.79 Å². The lowest BCUT2D eigenvalue weighted by Gasteiger charge is -2.01. The van der Waals surface area contributed by atoms with E-state index in [1.807, 2.05) is 31.2 Å². The molecule has 2 aromatic rings. The van der Waals surface area contributed by atoms with Crippen LogP contribution in [0.4, 0.5) is 0 Å². The van der Waals surface area contributed by atoms with Crippen LogP contribution in [-0.2, 0) is 0 Å². The Morgan fingerprint density at radius 3 is 2.94 bits per heavy atom. The van der Waals surface area contributed by atoms with E-state index >= 15 is 0 Å². The summed E-state index contributed by atoms with van der Waals surface area (Å²) in [4.78, 5) is 16.1. The number of aryl methyl sites for hydroxylation is 1. The summed E-state index contributed by atoms with van der Waals surface area (Å²) in [6, 6.07) is 8.00. The van der Waals surface area contributed by atoms with Gasteiger partial charge in [0.2, 0.25) is 0 Å². The van der Waals surface area contributed by atoms with E-state index in [1.54, 1.807) is 5.38 Å². The summed E-state index contributed by atoms with van der Waals surface area (Å²) in [7, 11) is 0. The summed E-state index contributed by atoms with van der Waals surface area (Å²) in [6.45, 7) is 2.93. The Hall–Kier alpha value is -1.72. The molecule has 0 aliphatic heterocycles. The molecule has 0 aliphatic carbocycles. The molecule has 1 amide bonds. The Morgan fingerprint density at radius 1 is 1.44 bits per heavy atom. The topological polar surface area (TPSA) is 68.0 Å². The lowest BCUT2D eigenvalue weighted by molar-refractivity contribution is 0.0950. The smallest absolute Gasteiger partial charge is 0.270 e. The second kappa shape index (κ2) is 5.75. The van der Waals surface area contributed by atoms with Crippen LogP contribution in [0.1, 0.15) is 16.1 Å². The highest BCUT2D eigenvalue weighted by atomic mass is 32.1. The van der Waals surface area contributed by atoms with Gasteiger partial charge < -0.3 is 11.1 Å². The molecule has 18 heavy (non-hydrogen) atoms. The van der Waals surface area contributed by atoms with Gasteiger partial charge in [-0.25, -0.2) is 4.98 Å². The van der Waals surface area contributed by atoms with Gasteiger partial charge in [0.1, 0.15) is 10.7 Å². The molecular weight excluding hydrogens is 246 g/mol. The van der Waals surface area contributed by atoms with Crippen molar-refractivity contribution in [3.8, 4) is 10.6 Å². The fraction of sp³-hybridized carbons (Fsp3) is 0.231. The minimum absolute atomic E-state index is 0.170. The molecule has 0 bridgehead atoms. The van der Waals surface area contributed by atoms with Gasteiger partial charge >= 0.3 is 0 Å². The molecule has 5 heteroatoms. The van der Waals surface area contributed by atoms with E-state index in [0.29, 0.717) is 18.8 Å². The highest BCUT2D eigenvalue weighted by Crippen LogP contribution is 2.26. The van der Waals surface area contributed by atoms with Crippen LogP contribution in [0.2, 0.25) is 0 Å². The lowest BCUT2D eigenvalue weighted by Crippen LogP contribution is -2.29. The fourth-order valence-electron chi connectivity index (χ4n) is 1.59. The second-order valence-corrected chi connectivity index (χ2v) is 4.76. The van der Waals surface area contributed by atoms with Gasteiger partial charge in [-0.15, -0.1) is 11.3 Å². The van der Waals surface area contributed by atoms with E-state index in [4.69, 9.17) is 5.73 Å². The molecule has 0 aliphatic rings. The van der Waals surface area contributed by atoms with Gasteiger partial charge in [-0.1, -0.05) is 24.3 Å². The zero-order valence-electron chi connectivity index (χ0n) is 10.1. The first-order valence-electron chi connectivity index (χ1n) is 5.72. The predicted molar refractivity (Wildman–Crippen MR) is 73.7 cm³/mol. The summed E-state index contributed by atoms with van der Waals surface area (Å²) < 4.78 is 0. The Kier molecular flexibility index (Phi) is 4.07. The number of nitrogens with two attached hydrogens (primary N) is 1. The van der Waals surface area contributed by atoms with Gasteiger partial charge in [0, 0.05) is 24.0 Å². The molecule has 1 aromatic carbocycles. The van der Waals surface area contributed by atoms with Gasteiger partial charge in [-0.05, 0) is 12.5 Å². The molecule has 0 saturated carbocycles. The Balaban J connectivity index is 2.21. The number of nitrogens with one attached hydrogen (secondary N) is 1. The average molecular weight is 261 g/mol. The molecule has 4 nitrogen and oxygen atoms in total. The molecule has 2 rings (SSSR count). The van der Waals surface area contributed by atoms with Crippen LogP contribution in [0.3, 0.4) is 0 Å². The number of thiazole rings is 1. The van der Waals surface area contributed by atoms with Gasteiger partial charge in [-0.3, -0.25) is 4.79 Å². The Bertz CT molecular complexity index is 551. The van der Waals surface area contributed by atoms with Crippen molar-refractivity contribution in [2.45, 2.75) is 6.92 Å². The van der Waals surface area contributed by atoms with Crippen LogP contribution in [0, 0.1) is 6.92 Å². The van der Waals surface area contributed by atoms with Crippen LogP contribution in [0.5, 0.6) is 0 Å². The molecule has 94 valence electrons. The maximum Gasteiger partial charge on any atom is 0.270 e. The zero-order chi connectivity index (χ0) is 13.0. The molecule has 1 heterocycles. The van der Waals surface area contributed by atoms with Crippen LogP contribution in [0.15, 0.2) is 29.6 Å². The van der Waals surface area contributed by atoms with Crippen LogP contribution >= 0.6 is 11.3 Å². The highest BCUT2D eigenvalue weighted by molar-refractivity contribution is 7.13. The number of carbonyl (C=O) groups excluding carboxylic acids is 1. The first-order chi connectivity index (χ1) is 8.72. The fourth-order valence-corrected chi connectivity index (χ4v) is 2.48. The number of benzene rings is 1. The normalized spacial score (nSPS) is 10.3. The SMILES string of the molecule is Cc1ccccc1-c1nc(C(=O)NCCN)cs1. The number of hydrogen-bond donors (Lipinski definition) is 2. The quantitative estimate of drug-likeness (QED) is 0.882. The van der Waals surface area contributed by atoms with E-state index in [1.165, 1.54) is 11.3 Å². The maximum absolute atomic E-state index is 11.7. The molecule has 1 aromatic heterocycles. The number of carbonyl (C=O) groups is 1. The predicted octanol–water partition coefficient (Wildman–Crippen LogP) is 1.81. The minimum Gasteiger partial charge on any atom is -0.349 e. The van der Waals surface area contributed by atoms with Gasteiger partial charge in [0.05, 0.1) is 0 Å².